The molecule has 13 rings (SSSR count). The standard InChI is InChI=1S/C81H88BN3/c1-75(2,3)55-33-35-56(36-34-55)81-46-26-25-45-80(81,16)85(69-44-40-59(49-64(69)81)78(10,11)12)61-51-72-74-73(52-61)84(68-43-39-58(77(7,8)9)48-63(68)54-29-21-18-22-30-54)71-50-60(79(13,14)15)37-41-66(71)82(74)65-31-23-24-32-70(65)83(72)67-42-38-57(76(4,5)6)47-62(67)53-27-19-17-20-28-53/h17-24,27-44,47-52H,25-26,45-46H2,1-16H3. The smallest absolute Gasteiger partial charge is 0.252 e. The minimum atomic E-state index is -0.338. The van der Waals surface area contributed by atoms with E-state index < -0.39 is 0 Å². The van der Waals surface area contributed by atoms with E-state index >= 15 is 0 Å². The molecule has 9 aromatic rings. The van der Waals surface area contributed by atoms with Crippen LogP contribution in [0.4, 0.5) is 45.5 Å². The molecular weight excluding hydrogens is 1030 g/mol. The van der Waals surface area contributed by atoms with Gasteiger partial charge in [0.25, 0.3) is 6.71 Å². The van der Waals surface area contributed by atoms with Crippen molar-refractivity contribution >= 4 is 68.6 Å². The fourth-order valence-corrected chi connectivity index (χ4v) is 15.3. The molecule has 0 bridgehead atoms. The van der Waals surface area contributed by atoms with Crippen LogP contribution in [0, 0.1) is 0 Å². The molecule has 1 saturated carbocycles. The van der Waals surface area contributed by atoms with Crippen LogP contribution < -0.4 is 31.1 Å². The molecule has 0 N–H and O–H groups in total. The van der Waals surface area contributed by atoms with Crippen LogP contribution in [0.2, 0.25) is 0 Å². The van der Waals surface area contributed by atoms with Crippen molar-refractivity contribution in [3.63, 3.8) is 0 Å². The summed E-state index contributed by atoms with van der Waals surface area (Å²) in [7, 11) is 0. The Morgan fingerprint density at radius 2 is 0.776 bits per heavy atom. The fraction of sp³-hybridized carbons (Fsp3) is 0.333. The van der Waals surface area contributed by atoms with Crippen LogP contribution >= 0.6 is 0 Å². The number of para-hydroxylation sites is 1. The van der Waals surface area contributed by atoms with E-state index in [2.05, 4.69) is 320 Å². The zero-order valence-corrected chi connectivity index (χ0v) is 53.7. The minimum Gasteiger partial charge on any atom is -0.334 e. The van der Waals surface area contributed by atoms with E-state index in [1.54, 1.807) is 0 Å². The lowest BCUT2D eigenvalue weighted by Gasteiger charge is -2.53. The molecule has 3 nitrogen and oxygen atoms in total. The monoisotopic (exact) mass is 1110 g/mol. The molecule has 1 aliphatic carbocycles. The lowest BCUT2D eigenvalue weighted by molar-refractivity contribution is 0.215. The Hall–Kier alpha value is -7.56. The number of benzene rings is 9. The van der Waals surface area contributed by atoms with E-state index in [-0.39, 0.29) is 44.7 Å². The minimum absolute atomic E-state index is 0.0387. The van der Waals surface area contributed by atoms with Crippen molar-refractivity contribution in [2.24, 2.45) is 0 Å². The van der Waals surface area contributed by atoms with Gasteiger partial charge in [-0.25, -0.2) is 0 Å². The Bertz CT molecular complexity index is 4060. The number of hydrogen-bond donors (Lipinski definition) is 0. The summed E-state index contributed by atoms with van der Waals surface area (Å²) in [5.74, 6) is 0. The molecule has 3 heterocycles. The van der Waals surface area contributed by atoms with Crippen molar-refractivity contribution < 1.29 is 0 Å². The zero-order chi connectivity index (χ0) is 60.0. The molecule has 85 heavy (non-hydrogen) atoms. The molecule has 0 radical (unpaired) electrons. The van der Waals surface area contributed by atoms with Crippen LogP contribution in [0.5, 0.6) is 0 Å². The number of rotatable bonds is 6. The Morgan fingerprint density at radius 3 is 1.31 bits per heavy atom. The maximum Gasteiger partial charge on any atom is 0.252 e. The van der Waals surface area contributed by atoms with Crippen molar-refractivity contribution in [3.05, 3.63) is 233 Å². The van der Waals surface area contributed by atoms with Crippen LogP contribution in [-0.2, 0) is 32.5 Å². The van der Waals surface area contributed by atoms with Gasteiger partial charge < -0.3 is 14.7 Å². The number of nitrogens with zero attached hydrogens (tertiary/aromatic N) is 3. The maximum absolute atomic E-state index is 2.87. The predicted molar refractivity (Wildman–Crippen MR) is 368 cm³/mol. The highest BCUT2D eigenvalue weighted by Gasteiger charge is 2.62. The molecular formula is C81H88BN3. The molecule has 1 fully saturated rings. The third kappa shape index (κ3) is 9.13. The van der Waals surface area contributed by atoms with Gasteiger partial charge in [0, 0.05) is 50.7 Å². The molecule has 0 amide bonds. The van der Waals surface area contributed by atoms with Crippen LogP contribution in [-0.4, -0.2) is 12.3 Å². The van der Waals surface area contributed by atoms with E-state index in [9.17, 15) is 0 Å². The van der Waals surface area contributed by atoms with Crippen molar-refractivity contribution in [2.75, 3.05) is 14.7 Å². The normalized spacial score (nSPS) is 18.4. The van der Waals surface area contributed by atoms with Crippen LogP contribution in [0.15, 0.2) is 194 Å². The maximum atomic E-state index is 2.87. The summed E-state index contributed by atoms with van der Waals surface area (Å²) >= 11 is 0. The van der Waals surface area contributed by atoms with Gasteiger partial charge in [-0.1, -0.05) is 256 Å². The van der Waals surface area contributed by atoms with Gasteiger partial charge in [-0.2, -0.15) is 0 Å². The molecule has 4 heteroatoms. The molecule has 0 spiro atoms. The van der Waals surface area contributed by atoms with Crippen LogP contribution in [0.3, 0.4) is 0 Å². The first-order valence-electron chi connectivity index (χ1n) is 31.7. The lowest BCUT2D eigenvalue weighted by Crippen LogP contribution is -2.61. The highest BCUT2D eigenvalue weighted by atomic mass is 15.3. The first-order valence-corrected chi connectivity index (χ1v) is 31.7. The van der Waals surface area contributed by atoms with E-state index in [0.29, 0.717) is 0 Å². The third-order valence-electron chi connectivity index (χ3n) is 20.1. The zero-order valence-electron chi connectivity index (χ0n) is 53.7. The Kier molecular flexibility index (Phi) is 13.1. The van der Waals surface area contributed by atoms with Crippen molar-refractivity contribution in [3.8, 4) is 22.3 Å². The summed E-state index contributed by atoms with van der Waals surface area (Å²) in [6, 6.07) is 76.7. The summed E-state index contributed by atoms with van der Waals surface area (Å²) in [6.07, 6.45) is 4.46. The molecule has 2 unspecified atom stereocenters. The van der Waals surface area contributed by atoms with Crippen molar-refractivity contribution in [2.45, 2.75) is 174 Å². The van der Waals surface area contributed by atoms with E-state index in [4.69, 9.17) is 0 Å². The largest absolute Gasteiger partial charge is 0.334 e. The first kappa shape index (κ1) is 56.6. The number of anilines is 8. The van der Waals surface area contributed by atoms with Gasteiger partial charge in [0.1, 0.15) is 0 Å². The van der Waals surface area contributed by atoms with Gasteiger partial charge in [-0.3, -0.25) is 0 Å². The van der Waals surface area contributed by atoms with Gasteiger partial charge in [0.2, 0.25) is 0 Å². The van der Waals surface area contributed by atoms with E-state index in [1.165, 1.54) is 130 Å². The lowest BCUT2D eigenvalue weighted by atomic mass is 9.33. The summed E-state index contributed by atoms with van der Waals surface area (Å²) in [6.45, 7) is 37.9. The predicted octanol–water partition coefficient (Wildman–Crippen LogP) is 20.4. The molecule has 9 aromatic carbocycles. The van der Waals surface area contributed by atoms with Gasteiger partial charge in [-0.05, 0) is 168 Å². The van der Waals surface area contributed by atoms with Gasteiger partial charge >= 0.3 is 0 Å². The number of hydrogen-bond acceptors (Lipinski definition) is 3. The average molecular weight is 1110 g/mol. The molecule has 3 aliphatic heterocycles. The summed E-state index contributed by atoms with van der Waals surface area (Å²) < 4.78 is 0. The Morgan fingerprint density at radius 1 is 0.353 bits per heavy atom. The Labute approximate surface area is 510 Å². The van der Waals surface area contributed by atoms with E-state index in [1.807, 2.05) is 0 Å². The second-order valence-electron chi connectivity index (χ2n) is 30.8. The second kappa shape index (κ2) is 19.7. The SMILES string of the molecule is CC(C)(C)c1ccc(C23CCCCC2(C)N(c2cc4c5c(c2)N(c2ccc(C(C)(C)C)cc2-c2ccccc2)c2cc(C(C)(C)C)ccc2B5c2ccccc2N4c2ccc(C(C)(C)C)cc2-c2ccccc2)c2ccc(C(C)(C)C)cc23)cc1. The molecule has 0 aromatic heterocycles. The fourth-order valence-electron chi connectivity index (χ4n) is 15.3. The molecule has 430 valence electrons. The summed E-state index contributed by atoms with van der Waals surface area (Å²) in [4.78, 5) is 8.27. The Balaban J connectivity index is 1.19. The molecule has 2 atom stereocenters. The highest BCUT2D eigenvalue weighted by Crippen LogP contribution is 2.65. The molecule has 4 aliphatic rings. The molecule has 0 saturated heterocycles. The van der Waals surface area contributed by atoms with Gasteiger partial charge in [0.15, 0.2) is 0 Å². The van der Waals surface area contributed by atoms with Crippen molar-refractivity contribution in [1.29, 1.82) is 0 Å². The van der Waals surface area contributed by atoms with Crippen LogP contribution in [0.25, 0.3) is 22.3 Å². The van der Waals surface area contributed by atoms with E-state index in [0.717, 1.165) is 19.3 Å². The quantitative estimate of drug-likeness (QED) is 0.154. The number of fused-ring (bicyclic) bond motifs is 7. The van der Waals surface area contributed by atoms with Crippen LogP contribution in [0.1, 0.15) is 175 Å². The summed E-state index contributed by atoms with van der Waals surface area (Å²) in [5.41, 5.74) is 27.4. The summed E-state index contributed by atoms with van der Waals surface area (Å²) in [5, 5.41) is 0. The van der Waals surface area contributed by atoms with Crippen molar-refractivity contribution in [1.82, 2.24) is 0 Å². The highest BCUT2D eigenvalue weighted by molar-refractivity contribution is 7.00. The topological polar surface area (TPSA) is 9.72 Å². The third-order valence-corrected chi connectivity index (χ3v) is 20.1. The first-order chi connectivity index (χ1) is 40.2. The second-order valence-corrected chi connectivity index (χ2v) is 30.8. The van der Waals surface area contributed by atoms with Gasteiger partial charge in [-0.15, -0.1) is 0 Å². The van der Waals surface area contributed by atoms with Gasteiger partial charge in [0.05, 0.1) is 16.9 Å². The average Bonchev–Trinajstić information content (AvgIpc) is 1.66.